The Morgan fingerprint density at radius 3 is 2.79 bits per heavy atom. The molecule has 1 N–H and O–H groups in total. The maximum absolute atomic E-state index is 13.5. The first-order valence-electron chi connectivity index (χ1n) is 7.59. The molecule has 1 aromatic carbocycles. The lowest BCUT2D eigenvalue weighted by Crippen LogP contribution is -2.08. The van der Waals surface area contributed by atoms with Crippen molar-refractivity contribution in [1.29, 1.82) is 0 Å². The van der Waals surface area contributed by atoms with Gasteiger partial charge in [-0.3, -0.25) is 4.68 Å². The highest BCUT2D eigenvalue weighted by Gasteiger charge is 2.17. The van der Waals surface area contributed by atoms with Gasteiger partial charge in [0, 0.05) is 24.1 Å². The van der Waals surface area contributed by atoms with E-state index in [2.05, 4.69) is 31.3 Å². The number of hydrogen-bond donors (Lipinski definition) is 1. The fourth-order valence-electron chi connectivity index (χ4n) is 2.58. The smallest absolute Gasteiger partial charge is 0.123 e. The van der Waals surface area contributed by atoms with Crippen LogP contribution >= 0.6 is 15.9 Å². The summed E-state index contributed by atoms with van der Waals surface area (Å²) in [6, 6.07) is 4.26. The van der Waals surface area contributed by atoms with Gasteiger partial charge >= 0.3 is 0 Å². The van der Waals surface area contributed by atoms with Gasteiger partial charge in [0.2, 0.25) is 0 Å². The third-order valence-electron chi connectivity index (χ3n) is 3.80. The van der Waals surface area contributed by atoms with Crippen molar-refractivity contribution in [3.05, 3.63) is 57.8 Å². The van der Waals surface area contributed by atoms with Gasteiger partial charge in [0.05, 0.1) is 29.9 Å². The molecule has 0 amide bonds. The van der Waals surface area contributed by atoms with Crippen LogP contribution in [0.25, 0.3) is 5.69 Å². The minimum absolute atomic E-state index is 0.400. The largest absolute Gasteiger partial charge is 0.389 e. The van der Waals surface area contributed by atoms with Crippen molar-refractivity contribution in [2.24, 2.45) is 0 Å². The molecular weight excluding hydrogens is 377 g/mol. The number of aliphatic hydroxyl groups is 1. The number of aliphatic hydroxyl groups excluding tert-OH is 1. The van der Waals surface area contributed by atoms with Crippen molar-refractivity contribution in [3.8, 4) is 5.69 Å². The van der Waals surface area contributed by atoms with Crippen molar-refractivity contribution in [3.63, 3.8) is 0 Å². The Bertz CT molecular complexity index is 858. The predicted molar refractivity (Wildman–Crippen MR) is 90.4 cm³/mol. The zero-order valence-electron chi connectivity index (χ0n) is 13.3. The molecule has 0 aliphatic carbocycles. The lowest BCUT2D eigenvalue weighted by atomic mass is 10.1. The van der Waals surface area contributed by atoms with Gasteiger partial charge in [-0.25, -0.2) is 9.07 Å². The summed E-state index contributed by atoms with van der Waals surface area (Å²) in [6.45, 7) is 4.37. The minimum atomic E-state index is -0.817. The van der Waals surface area contributed by atoms with Crippen LogP contribution in [0, 0.1) is 5.82 Å². The molecule has 2 heterocycles. The van der Waals surface area contributed by atoms with Crippen LogP contribution in [0.1, 0.15) is 36.8 Å². The topological polar surface area (TPSA) is 68.8 Å². The van der Waals surface area contributed by atoms with Crippen LogP contribution in [0.2, 0.25) is 0 Å². The summed E-state index contributed by atoms with van der Waals surface area (Å²) in [6.07, 6.45) is 3.20. The Morgan fingerprint density at radius 2 is 2.12 bits per heavy atom. The Morgan fingerprint density at radius 1 is 1.33 bits per heavy atom. The lowest BCUT2D eigenvalue weighted by Gasteiger charge is -2.13. The van der Waals surface area contributed by atoms with E-state index in [1.165, 1.54) is 12.1 Å². The molecule has 0 radical (unpaired) electrons. The molecule has 0 saturated carbocycles. The normalized spacial score (nSPS) is 12.5. The van der Waals surface area contributed by atoms with Crippen molar-refractivity contribution < 1.29 is 9.50 Å². The highest BCUT2D eigenvalue weighted by atomic mass is 79.9. The van der Waals surface area contributed by atoms with Crippen molar-refractivity contribution in [2.75, 3.05) is 0 Å². The molecule has 1 unspecified atom stereocenters. The number of aryl methyl sites for hydroxylation is 1. The molecule has 6 nitrogen and oxygen atoms in total. The summed E-state index contributed by atoms with van der Waals surface area (Å²) in [5.41, 5.74) is 2.89. The maximum Gasteiger partial charge on any atom is 0.123 e. The summed E-state index contributed by atoms with van der Waals surface area (Å²) in [7, 11) is 0. The summed E-state index contributed by atoms with van der Waals surface area (Å²) in [4.78, 5) is 0. The van der Waals surface area contributed by atoms with Crippen molar-refractivity contribution >= 4 is 15.9 Å². The molecule has 0 bridgehead atoms. The number of rotatable bonds is 5. The molecule has 0 aliphatic rings. The van der Waals surface area contributed by atoms with Crippen molar-refractivity contribution in [2.45, 2.75) is 32.9 Å². The fraction of sp³-hybridized carbons (Fsp3) is 0.312. The summed E-state index contributed by atoms with van der Waals surface area (Å²) in [5, 5.41) is 22.3. The Hall–Kier alpha value is -2.06. The van der Waals surface area contributed by atoms with Gasteiger partial charge in [0.15, 0.2) is 0 Å². The first-order chi connectivity index (χ1) is 11.5. The van der Waals surface area contributed by atoms with Crippen LogP contribution in [0.3, 0.4) is 0 Å². The predicted octanol–water partition coefficient (Wildman–Crippen LogP) is 3.03. The molecule has 126 valence electrons. The van der Waals surface area contributed by atoms with Gasteiger partial charge in [-0.2, -0.15) is 5.10 Å². The van der Waals surface area contributed by atoms with Crippen LogP contribution < -0.4 is 0 Å². The molecule has 3 rings (SSSR count). The maximum atomic E-state index is 13.5. The molecule has 0 fully saturated rings. The molecule has 0 spiro atoms. The Kier molecular flexibility index (Phi) is 4.77. The zero-order valence-corrected chi connectivity index (χ0v) is 14.9. The van der Waals surface area contributed by atoms with Gasteiger partial charge in [-0.15, -0.1) is 5.10 Å². The van der Waals surface area contributed by atoms with Crippen LogP contribution in [0.5, 0.6) is 0 Å². The minimum Gasteiger partial charge on any atom is -0.389 e. The van der Waals surface area contributed by atoms with E-state index < -0.39 is 11.9 Å². The van der Waals surface area contributed by atoms with Gasteiger partial charge in [0.25, 0.3) is 0 Å². The molecule has 3 aromatic rings. The molecule has 8 heteroatoms. The van der Waals surface area contributed by atoms with Crippen LogP contribution in [-0.4, -0.2) is 29.9 Å². The fourth-order valence-corrected chi connectivity index (χ4v) is 3.16. The molecule has 0 aliphatic heterocycles. The second kappa shape index (κ2) is 6.82. The number of halogens is 2. The van der Waals surface area contributed by atoms with Crippen LogP contribution in [0.15, 0.2) is 35.2 Å². The zero-order chi connectivity index (χ0) is 17.3. The van der Waals surface area contributed by atoms with E-state index in [1.807, 2.05) is 11.6 Å². The Labute approximate surface area is 147 Å². The first-order valence-corrected chi connectivity index (χ1v) is 8.38. The van der Waals surface area contributed by atoms with Crippen molar-refractivity contribution in [1.82, 2.24) is 24.8 Å². The molecule has 24 heavy (non-hydrogen) atoms. The monoisotopic (exact) mass is 393 g/mol. The first kappa shape index (κ1) is 16.8. The van der Waals surface area contributed by atoms with Gasteiger partial charge in [-0.1, -0.05) is 5.21 Å². The summed E-state index contributed by atoms with van der Waals surface area (Å²) >= 11 is 3.55. The average Bonchev–Trinajstić information content (AvgIpc) is 3.15. The molecular formula is C16H17BrFN5O. The van der Waals surface area contributed by atoms with Gasteiger partial charge < -0.3 is 5.11 Å². The number of aromatic nitrogens is 5. The van der Waals surface area contributed by atoms with E-state index in [0.717, 1.165) is 22.4 Å². The SMILES string of the molecule is CCn1ncc(Cc2cnnn2-c2ccc(F)cc2C(C)O)c1Br. The highest BCUT2D eigenvalue weighted by molar-refractivity contribution is 9.10. The summed E-state index contributed by atoms with van der Waals surface area (Å²) < 4.78 is 17.9. The van der Waals surface area contributed by atoms with E-state index in [0.29, 0.717) is 17.7 Å². The van der Waals surface area contributed by atoms with E-state index in [-0.39, 0.29) is 0 Å². The second-order valence-corrected chi connectivity index (χ2v) is 6.22. The third kappa shape index (κ3) is 3.11. The van der Waals surface area contributed by atoms with E-state index in [4.69, 9.17) is 0 Å². The van der Waals surface area contributed by atoms with E-state index >= 15 is 0 Å². The van der Waals surface area contributed by atoms with Crippen LogP contribution in [-0.2, 0) is 13.0 Å². The average molecular weight is 394 g/mol. The second-order valence-electron chi connectivity index (χ2n) is 5.47. The number of benzene rings is 1. The quantitative estimate of drug-likeness (QED) is 0.723. The third-order valence-corrected chi connectivity index (χ3v) is 4.72. The number of nitrogens with zero attached hydrogens (tertiary/aromatic N) is 5. The Balaban J connectivity index is 2.01. The number of hydrogen-bond acceptors (Lipinski definition) is 4. The highest BCUT2D eigenvalue weighted by Crippen LogP contribution is 2.25. The van der Waals surface area contributed by atoms with Crippen LogP contribution in [0.4, 0.5) is 4.39 Å². The van der Waals surface area contributed by atoms with Gasteiger partial charge in [0.1, 0.15) is 10.4 Å². The summed E-state index contributed by atoms with van der Waals surface area (Å²) in [5.74, 6) is -0.400. The molecule has 1 atom stereocenters. The van der Waals surface area contributed by atoms with Gasteiger partial charge in [-0.05, 0) is 48.0 Å². The molecule has 0 saturated heterocycles. The standard InChI is InChI=1S/C16H17BrFN5O/c1-3-22-16(17)11(8-20-22)6-13-9-19-21-23(13)15-5-4-12(18)7-14(15)10(2)24/h4-5,7-10,24H,3,6H2,1-2H3. The van der Waals surface area contributed by atoms with E-state index in [1.54, 1.807) is 30.1 Å². The lowest BCUT2D eigenvalue weighted by molar-refractivity contribution is 0.198. The molecule has 2 aromatic heterocycles. The van der Waals surface area contributed by atoms with E-state index in [9.17, 15) is 9.50 Å².